The van der Waals surface area contributed by atoms with Gasteiger partial charge in [-0.15, -0.1) is 0 Å². The first-order valence-electron chi connectivity index (χ1n) is 12.8. The van der Waals surface area contributed by atoms with Gasteiger partial charge >= 0.3 is 20.5 Å². The average molecular weight is 573 g/mol. The lowest BCUT2D eigenvalue weighted by Gasteiger charge is -2.22. The van der Waals surface area contributed by atoms with Gasteiger partial charge in [-0.1, -0.05) is 13.3 Å². The Balaban J connectivity index is 3.30. The lowest BCUT2D eigenvalue weighted by molar-refractivity contribution is -0.145. The van der Waals surface area contributed by atoms with E-state index in [-0.39, 0.29) is 25.2 Å². The SMILES string of the molecule is CCCCSCCC(=O)OCCOCCOCCOCCOC(=O)CCSCCC[Si](C)(OC)OC. The normalized spacial score (nSPS) is 11.6. The Kier molecular flexibility index (Phi) is 26.0. The van der Waals surface area contributed by atoms with E-state index in [2.05, 4.69) is 13.5 Å². The van der Waals surface area contributed by atoms with Gasteiger partial charge in [0.2, 0.25) is 0 Å². The number of rotatable bonds is 27. The van der Waals surface area contributed by atoms with E-state index in [9.17, 15) is 9.59 Å². The topological polar surface area (TPSA) is 98.8 Å². The molecule has 0 aliphatic rings. The Hall–Kier alpha value is -0.343. The van der Waals surface area contributed by atoms with E-state index in [1.807, 2.05) is 0 Å². The van der Waals surface area contributed by atoms with Crippen LogP contribution in [0.5, 0.6) is 0 Å². The van der Waals surface area contributed by atoms with Gasteiger partial charge in [-0.3, -0.25) is 9.59 Å². The van der Waals surface area contributed by atoms with E-state index in [0.29, 0.717) is 52.5 Å². The second-order valence-electron chi connectivity index (χ2n) is 8.00. The molecule has 0 saturated heterocycles. The van der Waals surface area contributed by atoms with Crippen LogP contribution in [0.3, 0.4) is 0 Å². The quantitative estimate of drug-likeness (QED) is 0.0813. The van der Waals surface area contributed by atoms with E-state index < -0.39 is 8.56 Å². The maximum absolute atomic E-state index is 11.7. The number of esters is 2. The van der Waals surface area contributed by atoms with E-state index in [1.165, 1.54) is 12.8 Å². The molecule has 12 heteroatoms. The summed E-state index contributed by atoms with van der Waals surface area (Å²) < 4.78 is 37.4. The van der Waals surface area contributed by atoms with Crippen LogP contribution in [0.25, 0.3) is 0 Å². The van der Waals surface area contributed by atoms with E-state index in [4.69, 9.17) is 32.5 Å². The van der Waals surface area contributed by atoms with Crippen molar-refractivity contribution in [3.8, 4) is 0 Å². The van der Waals surface area contributed by atoms with Crippen molar-refractivity contribution in [2.75, 3.05) is 90.1 Å². The number of ether oxygens (including phenoxy) is 5. The summed E-state index contributed by atoms with van der Waals surface area (Å²) in [6.07, 6.45) is 4.22. The van der Waals surface area contributed by atoms with Crippen molar-refractivity contribution in [2.45, 2.75) is 51.6 Å². The molecule has 0 N–H and O–H groups in total. The van der Waals surface area contributed by atoms with Crippen LogP contribution < -0.4 is 0 Å². The standard InChI is InChI=1S/C24H48O9S2Si/c1-5-6-18-34-20-8-23(25)32-16-14-30-12-10-29-11-13-31-15-17-33-24(26)9-21-35-19-7-22-36(4,27-2)28-3/h5-22H2,1-4H3. The van der Waals surface area contributed by atoms with Gasteiger partial charge in [0, 0.05) is 25.7 Å². The second kappa shape index (κ2) is 26.3. The molecule has 0 aromatic carbocycles. The van der Waals surface area contributed by atoms with Gasteiger partial charge in [0.15, 0.2) is 0 Å². The number of hydrogen-bond acceptors (Lipinski definition) is 11. The summed E-state index contributed by atoms with van der Waals surface area (Å²) in [6.45, 7) is 7.16. The van der Waals surface area contributed by atoms with Gasteiger partial charge < -0.3 is 32.5 Å². The van der Waals surface area contributed by atoms with Gasteiger partial charge in [-0.25, -0.2) is 0 Å². The van der Waals surface area contributed by atoms with Crippen molar-refractivity contribution in [1.29, 1.82) is 0 Å². The van der Waals surface area contributed by atoms with Crippen LogP contribution in [0.15, 0.2) is 0 Å². The van der Waals surface area contributed by atoms with Gasteiger partial charge in [-0.2, -0.15) is 23.5 Å². The van der Waals surface area contributed by atoms with Crippen LogP contribution in [0.2, 0.25) is 12.6 Å². The second-order valence-corrected chi connectivity index (χ2v) is 14.0. The lowest BCUT2D eigenvalue weighted by Crippen LogP contribution is -2.35. The highest BCUT2D eigenvalue weighted by atomic mass is 32.2. The van der Waals surface area contributed by atoms with Gasteiger partial charge in [0.1, 0.15) is 13.2 Å². The fraction of sp³-hybridized carbons (Fsp3) is 0.917. The zero-order chi connectivity index (χ0) is 26.7. The van der Waals surface area contributed by atoms with E-state index >= 15 is 0 Å². The fourth-order valence-electron chi connectivity index (χ4n) is 2.66. The third-order valence-corrected chi connectivity index (χ3v) is 10.2. The maximum atomic E-state index is 11.7. The predicted molar refractivity (Wildman–Crippen MR) is 148 cm³/mol. The molecule has 0 unspecified atom stereocenters. The summed E-state index contributed by atoms with van der Waals surface area (Å²) >= 11 is 3.53. The molecule has 0 aromatic heterocycles. The average Bonchev–Trinajstić information content (AvgIpc) is 2.88. The van der Waals surface area contributed by atoms with Crippen molar-refractivity contribution in [3.05, 3.63) is 0 Å². The van der Waals surface area contributed by atoms with Crippen LogP contribution in [0.1, 0.15) is 39.0 Å². The Morgan fingerprint density at radius 3 is 1.47 bits per heavy atom. The summed E-state index contributed by atoms with van der Waals surface area (Å²) in [5.74, 6) is 3.24. The van der Waals surface area contributed by atoms with Crippen molar-refractivity contribution in [2.24, 2.45) is 0 Å². The minimum atomic E-state index is -1.98. The number of hydrogen-bond donors (Lipinski definition) is 0. The number of carbonyl (C=O) groups is 2. The smallest absolute Gasteiger partial charge is 0.334 e. The number of unbranched alkanes of at least 4 members (excludes halogenated alkanes) is 1. The maximum Gasteiger partial charge on any atom is 0.334 e. The van der Waals surface area contributed by atoms with Crippen molar-refractivity contribution >= 4 is 44.0 Å². The fourth-order valence-corrected chi connectivity index (χ4v) is 6.18. The molecule has 0 atom stereocenters. The monoisotopic (exact) mass is 572 g/mol. The minimum absolute atomic E-state index is 0.175. The van der Waals surface area contributed by atoms with Crippen LogP contribution >= 0.6 is 23.5 Å². The molecular weight excluding hydrogens is 524 g/mol. The Labute approximate surface area is 227 Å². The highest BCUT2D eigenvalue weighted by Crippen LogP contribution is 2.16. The first-order chi connectivity index (χ1) is 17.5. The first kappa shape index (κ1) is 35.7. The molecule has 0 saturated carbocycles. The van der Waals surface area contributed by atoms with Gasteiger partial charge in [0.25, 0.3) is 0 Å². The molecule has 0 spiro atoms. The summed E-state index contributed by atoms with van der Waals surface area (Å²) in [5, 5.41) is 0. The number of carbonyl (C=O) groups excluding carboxylic acids is 2. The zero-order valence-corrected chi connectivity index (χ0v) is 25.4. The van der Waals surface area contributed by atoms with E-state index in [0.717, 1.165) is 35.5 Å². The zero-order valence-electron chi connectivity index (χ0n) is 22.7. The molecule has 0 bridgehead atoms. The Morgan fingerprint density at radius 1 is 0.639 bits per heavy atom. The summed E-state index contributed by atoms with van der Waals surface area (Å²) in [7, 11) is 1.42. The highest BCUT2D eigenvalue weighted by molar-refractivity contribution is 7.99. The van der Waals surface area contributed by atoms with Crippen LogP contribution in [0.4, 0.5) is 0 Å². The third-order valence-electron chi connectivity index (χ3n) is 5.05. The lowest BCUT2D eigenvalue weighted by atomic mass is 10.4. The van der Waals surface area contributed by atoms with Crippen molar-refractivity contribution < 1.29 is 42.1 Å². The molecule has 0 aliphatic heterocycles. The number of thioether (sulfide) groups is 2. The summed E-state index contributed by atoms with van der Waals surface area (Å²) in [5.41, 5.74) is 0. The molecule has 0 aliphatic carbocycles. The highest BCUT2D eigenvalue weighted by Gasteiger charge is 2.27. The molecule has 0 heterocycles. The molecule has 0 radical (unpaired) electrons. The first-order valence-corrected chi connectivity index (χ1v) is 17.6. The molecule has 214 valence electrons. The molecule has 0 amide bonds. The van der Waals surface area contributed by atoms with E-state index in [1.54, 1.807) is 37.7 Å². The van der Waals surface area contributed by atoms with Gasteiger partial charge in [0.05, 0.1) is 52.5 Å². The van der Waals surface area contributed by atoms with Crippen LogP contribution in [0, 0.1) is 0 Å². The largest absolute Gasteiger partial charge is 0.463 e. The van der Waals surface area contributed by atoms with Crippen LogP contribution in [-0.2, 0) is 42.1 Å². The molecule has 9 nitrogen and oxygen atoms in total. The van der Waals surface area contributed by atoms with Gasteiger partial charge in [-0.05, 0) is 36.9 Å². The molecule has 36 heavy (non-hydrogen) atoms. The molecule has 0 fully saturated rings. The molecule has 0 aromatic rings. The summed E-state index contributed by atoms with van der Waals surface area (Å²) in [4.78, 5) is 23.3. The Morgan fingerprint density at radius 2 is 1.06 bits per heavy atom. The Bertz CT molecular complexity index is 526. The minimum Gasteiger partial charge on any atom is -0.463 e. The summed E-state index contributed by atoms with van der Waals surface area (Å²) in [6, 6.07) is 0.946. The van der Waals surface area contributed by atoms with Crippen molar-refractivity contribution in [3.63, 3.8) is 0 Å². The molecule has 0 rings (SSSR count). The predicted octanol–water partition coefficient (Wildman–Crippen LogP) is 3.92. The third kappa shape index (κ3) is 24.0. The van der Waals surface area contributed by atoms with Crippen molar-refractivity contribution in [1.82, 2.24) is 0 Å². The molecular formula is C24H48O9S2Si. The van der Waals surface area contributed by atoms with Crippen LogP contribution in [-0.4, -0.2) is 111 Å².